The van der Waals surface area contributed by atoms with Gasteiger partial charge >= 0.3 is 0 Å². The molecule has 7 heteroatoms. The Hall–Kier alpha value is -2.64. The number of oxazole rings is 1. The van der Waals surface area contributed by atoms with Crippen LogP contribution in [0.25, 0.3) is 11.5 Å². The first kappa shape index (κ1) is 18.7. The predicted molar refractivity (Wildman–Crippen MR) is 101 cm³/mol. The first-order chi connectivity index (χ1) is 13.6. The molecule has 3 heterocycles. The lowest BCUT2D eigenvalue weighted by atomic mass is 10.2. The van der Waals surface area contributed by atoms with Crippen LogP contribution in [0.3, 0.4) is 0 Å². The molecule has 0 atom stereocenters. The van der Waals surface area contributed by atoms with Crippen LogP contribution in [0.4, 0.5) is 8.78 Å². The number of aryl methyl sites for hydroxylation is 1. The molecule has 146 valence electrons. The van der Waals surface area contributed by atoms with E-state index in [9.17, 15) is 8.78 Å². The van der Waals surface area contributed by atoms with E-state index in [0.717, 1.165) is 62.3 Å². The van der Waals surface area contributed by atoms with E-state index in [4.69, 9.17) is 4.42 Å². The highest BCUT2D eigenvalue weighted by atomic mass is 19.1. The lowest BCUT2D eigenvalue weighted by molar-refractivity contribution is 0.120. The highest BCUT2D eigenvalue weighted by Gasteiger charge is 2.21. The Labute approximate surface area is 162 Å². The molecule has 1 saturated heterocycles. The van der Waals surface area contributed by atoms with Crippen LogP contribution < -0.4 is 0 Å². The van der Waals surface area contributed by atoms with E-state index >= 15 is 0 Å². The van der Waals surface area contributed by atoms with E-state index in [0.29, 0.717) is 12.3 Å². The second-order valence-corrected chi connectivity index (χ2v) is 7.02. The van der Waals surface area contributed by atoms with Gasteiger partial charge in [-0.25, -0.2) is 13.8 Å². The molecule has 0 spiro atoms. The topological polar surface area (TPSA) is 45.4 Å². The average Bonchev–Trinajstić information content (AvgIpc) is 3.06. The Kier molecular flexibility index (Phi) is 5.45. The molecule has 0 radical (unpaired) electrons. The quantitative estimate of drug-likeness (QED) is 0.672. The van der Waals surface area contributed by atoms with Crippen LogP contribution in [-0.4, -0.2) is 45.9 Å². The Morgan fingerprint density at radius 1 is 1.00 bits per heavy atom. The minimum Gasteiger partial charge on any atom is -0.441 e. The maximum Gasteiger partial charge on any atom is 0.229 e. The fourth-order valence-corrected chi connectivity index (χ4v) is 3.39. The van der Waals surface area contributed by atoms with Gasteiger partial charge in [-0.15, -0.1) is 0 Å². The zero-order valence-electron chi connectivity index (χ0n) is 15.7. The molecule has 0 aliphatic carbocycles. The normalized spacial score (nSPS) is 15.8. The minimum absolute atomic E-state index is 0.0505. The lowest BCUT2D eigenvalue weighted by Gasteiger charge is -2.34. The first-order valence-corrected chi connectivity index (χ1v) is 9.35. The van der Waals surface area contributed by atoms with Crippen molar-refractivity contribution in [3.63, 3.8) is 0 Å². The zero-order valence-corrected chi connectivity index (χ0v) is 15.7. The third kappa shape index (κ3) is 4.26. The van der Waals surface area contributed by atoms with Gasteiger partial charge in [0, 0.05) is 45.5 Å². The summed E-state index contributed by atoms with van der Waals surface area (Å²) < 4.78 is 33.1. The summed E-state index contributed by atoms with van der Waals surface area (Å²) in [4.78, 5) is 13.5. The monoisotopic (exact) mass is 384 g/mol. The zero-order chi connectivity index (χ0) is 19.5. The highest BCUT2D eigenvalue weighted by Crippen LogP contribution is 2.26. The number of pyridine rings is 1. The third-order valence-corrected chi connectivity index (χ3v) is 5.00. The maximum atomic E-state index is 14.0. The molecule has 1 aliphatic heterocycles. The fourth-order valence-electron chi connectivity index (χ4n) is 3.39. The van der Waals surface area contributed by atoms with Crippen molar-refractivity contribution in [3.8, 4) is 11.5 Å². The standard InChI is InChI=1S/C21H22F2N4O/c1-15-20(25-21(28-15)18-12-16(22)5-6-19(18)23)14-27-10-8-26(9-11-27)13-17-4-2-3-7-24-17/h2-7,12H,8-11,13-14H2,1H3. The molecule has 0 amide bonds. The van der Waals surface area contributed by atoms with Gasteiger partial charge in [0.1, 0.15) is 17.4 Å². The summed E-state index contributed by atoms with van der Waals surface area (Å²) in [5, 5.41) is 0. The van der Waals surface area contributed by atoms with Gasteiger partial charge in [0.2, 0.25) is 5.89 Å². The summed E-state index contributed by atoms with van der Waals surface area (Å²) in [5.74, 6) is -0.303. The van der Waals surface area contributed by atoms with E-state index in [1.54, 1.807) is 6.92 Å². The SMILES string of the molecule is Cc1oc(-c2cc(F)ccc2F)nc1CN1CCN(Cc2ccccn2)CC1. The van der Waals surface area contributed by atoms with Crippen molar-refractivity contribution < 1.29 is 13.2 Å². The van der Waals surface area contributed by atoms with E-state index in [-0.39, 0.29) is 11.5 Å². The van der Waals surface area contributed by atoms with Crippen LogP contribution in [0, 0.1) is 18.6 Å². The minimum atomic E-state index is -0.544. The predicted octanol–water partition coefficient (Wildman–Crippen LogP) is 3.64. The number of halogens is 2. The van der Waals surface area contributed by atoms with Gasteiger partial charge in [-0.3, -0.25) is 14.8 Å². The largest absolute Gasteiger partial charge is 0.441 e. The van der Waals surface area contributed by atoms with Crippen LogP contribution in [-0.2, 0) is 13.1 Å². The van der Waals surface area contributed by atoms with E-state index < -0.39 is 11.6 Å². The van der Waals surface area contributed by atoms with Crippen molar-refractivity contribution in [1.29, 1.82) is 0 Å². The Balaban J connectivity index is 1.38. The summed E-state index contributed by atoms with van der Waals surface area (Å²) in [5.41, 5.74) is 1.89. The molecular formula is C21H22F2N4O. The fraction of sp³-hybridized carbons (Fsp3) is 0.333. The molecular weight excluding hydrogens is 362 g/mol. The van der Waals surface area contributed by atoms with Gasteiger partial charge in [0.05, 0.1) is 17.0 Å². The van der Waals surface area contributed by atoms with Gasteiger partial charge in [0.25, 0.3) is 0 Å². The average molecular weight is 384 g/mol. The Morgan fingerprint density at radius 2 is 1.75 bits per heavy atom. The van der Waals surface area contributed by atoms with Crippen molar-refractivity contribution in [2.75, 3.05) is 26.2 Å². The van der Waals surface area contributed by atoms with E-state index in [2.05, 4.69) is 19.8 Å². The van der Waals surface area contributed by atoms with Crippen LogP contribution in [0.5, 0.6) is 0 Å². The summed E-state index contributed by atoms with van der Waals surface area (Å²) in [6, 6.07) is 9.25. The molecule has 0 unspecified atom stereocenters. The van der Waals surface area contributed by atoms with Gasteiger partial charge in [-0.1, -0.05) is 6.07 Å². The number of aromatic nitrogens is 2. The smallest absolute Gasteiger partial charge is 0.229 e. The van der Waals surface area contributed by atoms with Crippen LogP contribution in [0.15, 0.2) is 47.0 Å². The molecule has 1 fully saturated rings. The third-order valence-electron chi connectivity index (χ3n) is 5.00. The summed E-state index contributed by atoms with van der Waals surface area (Å²) in [6.07, 6.45) is 1.82. The number of hydrogen-bond acceptors (Lipinski definition) is 5. The van der Waals surface area contributed by atoms with Gasteiger partial charge < -0.3 is 4.42 Å². The van der Waals surface area contributed by atoms with Crippen molar-refractivity contribution in [3.05, 3.63) is 71.4 Å². The summed E-state index contributed by atoms with van der Waals surface area (Å²) in [7, 11) is 0. The molecule has 0 N–H and O–H groups in total. The number of nitrogens with zero attached hydrogens (tertiary/aromatic N) is 4. The van der Waals surface area contributed by atoms with Gasteiger partial charge in [-0.2, -0.15) is 0 Å². The van der Waals surface area contributed by atoms with Gasteiger partial charge in [-0.05, 0) is 37.3 Å². The highest BCUT2D eigenvalue weighted by molar-refractivity contribution is 5.54. The maximum absolute atomic E-state index is 14.0. The molecule has 3 aromatic rings. The van der Waals surface area contributed by atoms with Crippen molar-refractivity contribution >= 4 is 0 Å². The molecule has 0 bridgehead atoms. The number of piperazine rings is 1. The number of benzene rings is 1. The number of rotatable bonds is 5. The van der Waals surface area contributed by atoms with E-state index in [1.807, 2.05) is 24.4 Å². The molecule has 28 heavy (non-hydrogen) atoms. The Morgan fingerprint density at radius 3 is 2.46 bits per heavy atom. The van der Waals surface area contributed by atoms with Crippen LogP contribution >= 0.6 is 0 Å². The molecule has 1 aromatic carbocycles. The molecule has 5 nitrogen and oxygen atoms in total. The van der Waals surface area contributed by atoms with Crippen molar-refractivity contribution in [2.45, 2.75) is 20.0 Å². The number of hydrogen-bond donors (Lipinski definition) is 0. The molecule has 2 aromatic heterocycles. The summed E-state index contributed by atoms with van der Waals surface area (Å²) >= 11 is 0. The lowest BCUT2D eigenvalue weighted by Crippen LogP contribution is -2.45. The van der Waals surface area contributed by atoms with Crippen molar-refractivity contribution in [1.82, 2.24) is 19.8 Å². The van der Waals surface area contributed by atoms with E-state index in [1.165, 1.54) is 0 Å². The van der Waals surface area contributed by atoms with Crippen LogP contribution in [0.2, 0.25) is 0 Å². The van der Waals surface area contributed by atoms with Crippen molar-refractivity contribution in [2.24, 2.45) is 0 Å². The second kappa shape index (κ2) is 8.16. The second-order valence-electron chi connectivity index (χ2n) is 7.02. The first-order valence-electron chi connectivity index (χ1n) is 9.35. The van der Waals surface area contributed by atoms with Crippen LogP contribution in [0.1, 0.15) is 17.1 Å². The molecule has 0 saturated carbocycles. The van der Waals surface area contributed by atoms with Gasteiger partial charge in [0.15, 0.2) is 0 Å². The Bertz CT molecular complexity index is 937. The summed E-state index contributed by atoms with van der Waals surface area (Å²) in [6.45, 7) is 6.98. The molecule has 1 aliphatic rings. The molecule has 4 rings (SSSR count).